The maximum Gasteiger partial charge on any atom is 0.266 e. The minimum atomic E-state index is -0.486. The number of nitriles is 1. The van der Waals surface area contributed by atoms with Crippen LogP contribution in [0.3, 0.4) is 0 Å². The fourth-order valence-corrected chi connectivity index (χ4v) is 4.16. The molecule has 0 saturated heterocycles. The third-order valence-corrected chi connectivity index (χ3v) is 6.10. The van der Waals surface area contributed by atoms with Crippen LogP contribution < -0.4 is 14.8 Å². The van der Waals surface area contributed by atoms with Crippen LogP contribution in [0.15, 0.2) is 75.2 Å². The van der Waals surface area contributed by atoms with Crippen molar-refractivity contribution in [3.05, 3.63) is 89.9 Å². The lowest BCUT2D eigenvalue weighted by Crippen LogP contribution is -2.13. The molecule has 0 aliphatic rings. The van der Waals surface area contributed by atoms with Crippen LogP contribution in [0, 0.1) is 14.9 Å². The Balaban J connectivity index is 1.81. The van der Waals surface area contributed by atoms with Crippen molar-refractivity contribution in [2.75, 3.05) is 12.4 Å². The molecule has 1 amide bonds. The minimum Gasteiger partial charge on any atom is -0.493 e. The summed E-state index contributed by atoms with van der Waals surface area (Å²) in [5.74, 6) is 0.535. The zero-order valence-electron chi connectivity index (χ0n) is 16.9. The zero-order chi connectivity index (χ0) is 23.1. The van der Waals surface area contributed by atoms with E-state index >= 15 is 0 Å². The molecule has 162 valence electrons. The molecule has 0 aliphatic carbocycles. The highest BCUT2D eigenvalue weighted by Crippen LogP contribution is 2.38. The second-order valence-corrected chi connectivity index (χ2v) is 9.60. The number of hydrogen-bond acceptors (Lipinski definition) is 4. The third kappa shape index (κ3) is 6.58. The Labute approximate surface area is 216 Å². The average Bonchev–Trinajstić information content (AvgIpc) is 2.77. The van der Waals surface area contributed by atoms with Gasteiger partial charge in [-0.3, -0.25) is 4.79 Å². The molecule has 0 heterocycles. The van der Waals surface area contributed by atoms with E-state index in [0.29, 0.717) is 33.8 Å². The van der Waals surface area contributed by atoms with Crippen LogP contribution in [0.2, 0.25) is 0 Å². The molecule has 1 N–H and O–H groups in total. The summed E-state index contributed by atoms with van der Waals surface area (Å²) < 4.78 is 14.1. The Morgan fingerprint density at radius 2 is 1.91 bits per heavy atom. The van der Waals surface area contributed by atoms with E-state index in [1.54, 1.807) is 18.2 Å². The van der Waals surface area contributed by atoms with Crippen LogP contribution in [0.1, 0.15) is 11.1 Å². The highest BCUT2D eigenvalue weighted by atomic mass is 127. The molecule has 3 aromatic carbocycles. The summed E-state index contributed by atoms with van der Waals surface area (Å²) in [6.07, 6.45) is 1.51. The summed E-state index contributed by atoms with van der Waals surface area (Å²) in [6.45, 7) is 0.360. The molecular formula is C24H17Br2IN2O3. The number of nitrogens with zero attached hydrogens (tertiary/aromatic N) is 1. The van der Waals surface area contributed by atoms with Gasteiger partial charge in [0.15, 0.2) is 11.5 Å². The lowest BCUT2D eigenvalue weighted by Gasteiger charge is -2.14. The first kappa shape index (κ1) is 24.3. The highest BCUT2D eigenvalue weighted by molar-refractivity contribution is 14.1. The number of hydrogen-bond donors (Lipinski definition) is 1. The molecule has 0 aliphatic heterocycles. The van der Waals surface area contributed by atoms with Gasteiger partial charge in [0, 0.05) is 13.7 Å². The molecule has 0 atom stereocenters. The second kappa shape index (κ2) is 11.5. The van der Waals surface area contributed by atoms with Crippen molar-refractivity contribution in [1.29, 1.82) is 5.26 Å². The van der Waals surface area contributed by atoms with E-state index < -0.39 is 5.91 Å². The Morgan fingerprint density at radius 3 is 2.56 bits per heavy atom. The van der Waals surface area contributed by atoms with Crippen molar-refractivity contribution in [3.63, 3.8) is 0 Å². The summed E-state index contributed by atoms with van der Waals surface area (Å²) in [5.41, 5.74) is 2.23. The smallest absolute Gasteiger partial charge is 0.266 e. The predicted molar refractivity (Wildman–Crippen MR) is 141 cm³/mol. The van der Waals surface area contributed by atoms with Gasteiger partial charge in [-0.25, -0.2) is 0 Å². The van der Waals surface area contributed by atoms with Crippen molar-refractivity contribution in [2.24, 2.45) is 0 Å². The van der Waals surface area contributed by atoms with Crippen LogP contribution >= 0.6 is 54.5 Å². The number of carbonyl (C=O) groups is 1. The number of halogens is 3. The molecule has 0 fully saturated rings. The average molecular weight is 668 g/mol. The number of anilines is 1. The molecule has 0 aromatic heterocycles. The van der Waals surface area contributed by atoms with E-state index in [9.17, 15) is 10.1 Å². The van der Waals surface area contributed by atoms with Gasteiger partial charge >= 0.3 is 0 Å². The molecule has 0 radical (unpaired) electrons. The minimum absolute atomic E-state index is 0.0265. The Morgan fingerprint density at radius 1 is 1.16 bits per heavy atom. The van der Waals surface area contributed by atoms with Gasteiger partial charge in [0.05, 0.1) is 11.6 Å². The zero-order valence-corrected chi connectivity index (χ0v) is 22.2. The molecular weight excluding hydrogens is 651 g/mol. The SMILES string of the molecule is COc1cc(/C=C(\C#N)C(=O)Nc2cccc(I)c2)cc(Br)c1OCc1ccc(Br)cc1. The van der Waals surface area contributed by atoms with Crippen molar-refractivity contribution in [1.82, 2.24) is 0 Å². The van der Waals surface area contributed by atoms with Gasteiger partial charge in [0.1, 0.15) is 18.2 Å². The Bertz CT molecular complexity index is 1200. The van der Waals surface area contributed by atoms with E-state index in [1.807, 2.05) is 48.5 Å². The molecule has 3 aromatic rings. The van der Waals surface area contributed by atoms with Gasteiger partial charge in [-0.05, 0) is 98.2 Å². The van der Waals surface area contributed by atoms with Gasteiger partial charge in [-0.15, -0.1) is 0 Å². The van der Waals surface area contributed by atoms with Gasteiger partial charge in [0.2, 0.25) is 0 Å². The standard InChI is InChI=1S/C24H17Br2IN2O3/c1-31-22-11-16(9-17(13-28)24(30)29-20-4-2-3-19(27)12-20)10-21(26)23(22)32-14-15-5-7-18(25)8-6-15/h2-12H,14H2,1H3,(H,29,30)/b17-9+. The van der Waals surface area contributed by atoms with Crippen molar-refractivity contribution in [3.8, 4) is 17.6 Å². The van der Waals surface area contributed by atoms with E-state index in [2.05, 4.69) is 59.8 Å². The van der Waals surface area contributed by atoms with Crippen molar-refractivity contribution < 1.29 is 14.3 Å². The monoisotopic (exact) mass is 666 g/mol. The first-order chi connectivity index (χ1) is 15.4. The van der Waals surface area contributed by atoms with Crippen LogP contribution in [-0.2, 0) is 11.4 Å². The van der Waals surface area contributed by atoms with Crippen LogP contribution in [0.25, 0.3) is 6.08 Å². The fraction of sp³-hybridized carbons (Fsp3) is 0.0833. The van der Waals surface area contributed by atoms with E-state index in [4.69, 9.17) is 9.47 Å². The fourth-order valence-electron chi connectivity index (χ4n) is 2.78. The van der Waals surface area contributed by atoms with Crippen LogP contribution in [0.4, 0.5) is 5.69 Å². The lowest BCUT2D eigenvalue weighted by molar-refractivity contribution is -0.112. The molecule has 5 nitrogen and oxygen atoms in total. The number of rotatable bonds is 7. The summed E-state index contributed by atoms with van der Waals surface area (Å²) in [4.78, 5) is 12.6. The van der Waals surface area contributed by atoms with Gasteiger partial charge in [-0.1, -0.05) is 34.1 Å². The van der Waals surface area contributed by atoms with E-state index in [0.717, 1.165) is 13.6 Å². The van der Waals surface area contributed by atoms with Crippen molar-refractivity contribution in [2.45, 2.75) is 6.61 Å². The second-order valence-electron chi connectivity index (χ2n) is 6.58. The quantitative estimate of drug-likeness (QED) is 0.168. The highest BCUT2D eigenvalue weighted by Gasteiger charge is 2.14. The van der Waals surface area contributed by atoms with Crippen molar-refractivity contribution >= 4 is 72.1 Å². The number of benzene rings is 3. The first-order valence-electron chi connectivity index (χ1n) is 9.33. The molecule has 0 unspecified atom stereocenters. The normalized spacial score (nSPS) is 10.9. The molecule has 0 spiro atoms. The summed E-state index contributed by atoms with van der Waals surface area (Å²) >= 11 is 9.08. The third-order valence-electron chi connectivity index (χ3n) is 4.31. The summed E-state index contributed by atoms with van der Waals surface area (Å²) in [5, 5.41) is 12.3. The Hall–Kier alpha value is -2.35. The van der Waals surface area contributed by atoms with E-state index in [1.165, 1.54) is 13.2 Å². The van der Waals surface area contributed by atoms with Gasteiger partial charge in [-0.2, -0.15) is 5.26 Å². The number of carbonyl (C=O) groups excluding carboxylic acids is 1. The first-order valence-corrected chi connectivity index (χ1v) is 12.0. The number of nitrogens with one attached hydrogen (secondary N) is 1. The van der Waals surface area contributed by atoms with Gasteiger partial charge in [0.25, 0.3) is 5.91 Å². The molecule has 0 saturated carbocycles. The molecule has 8 heteroatoms. The predicted octanol–water partition coefficient (Wildman–Crippen LogP) is 6.95. The largest absolute Gasteiger partial charge is 0.493 e. The maximum absolute atomic E-state index is 12.6. The molecule has 32 heavy (non-hydrogen) atoms. The number of ether oxygens (including phenoxy) is 2. The molecule has 0 bridgehead atoms. The number of amides is 1. The van der Waals surface area contributed by atoms with Crippen LogP contribution in [0.5, 0.6) is 11.5 Å². The van der Waals surface area contributed by atoms with Crippen LogP contribution in [-0.4, -0.2) is 13.0 Å². The summed E-state index contributed by atoms with van der Waals surface area (Å²) in [7, 11) is 1.54. The molecule has 3 rings (SSSR count). The summed E-state index contributed by atoms with van der Waals surface area (Å²) in [6, 6.07) is 20.6. The van der Waals surface area contributed by atoms with E-state index in [-0.39, 0.29) is 5.57 Å². The Kier molecular flexibility index (Phi) is 8.73. The lowest BCUT2D eigenvalue weighted by atomic mass is 10.1. The topological polar surface area (TPSA) is 71.3 Å². The number of methoxy groups -OCH3 is 1. The maximum atomic E-state index is 12.6. The van der Waals surface area contributed by atoms with Gasteiger partial charge < -0.3 is 14.8 Å².